The predicted molar refractivity (Wildman–Crippen MR) is 96.2 cm³/mol. The lowest BCUT2D eigenvalue weighted by Gasteiger charge is -2.15. The van der Waals surface area contributed by atoms with Gasteiger partial charge < -0.3 is 9.47 Å². The van der Waals surface area contributed by atoms with E-state index in [0.29, 0.717) is 34.5 Å². The van der Waals surface area contributed by atoms with Gasteiger partial charge in [0.2, 0.25) is 4.77 Å². The van der Waals surface area contributed by atoms with Gasteiger partial charge in [-0.3, -0.25) is 5.10 Å². The maximum atomic E-state index is 6.30. The van der Waals surface area contributed by atoms with Crippen LogP contribution in [0.5, 0.6) is 11.5 Å². The van der Waals surface area contributed by atoms with Crippen molar-refractivity contribution >= 4 is 30.0 Å². The van der Waals surface area contributed by atoms with Crippen molar-refractivity contribution in [2.45, 2.75) is 32.6 Å². The number of nitrogens with zero attached hydrogens (tertiary/aromatic N) is 3. The van der Waals surface area contributed by atoms with Gasteiger partial charge in [-0.15, -0.1) is 0 Å². The molecule has 2 aromatic rings. The number of H-pyrrole nitrogens is 1. The maximum Gasteiger partial charge on any atom is 0.216 e. The van der Waals surface area contributed by atoms with Crippen LogP contribution in [-0.4, -0.2) is 34.3 Å². The summed E-state index contributed by atoms with van der Waals surface area (Å²) in [5.41, 5.74) is 0.611. The zero-order valence-corrected chi connectivity index (χ0v) is 15.4. The minimum atomic E-state index is -0.187. The molecule has 3 rings (SSSR count). The number of aromatic amines is 1. The van der Waals surface area contributed by atoms with Crippen LogP contribution in [0.2, 0.25) is 5.02 Å². The molecule has 1 aromatic heterocycles. The maximum absolute atomic E-state index is 6.30. The second kappa shape index (κ2) is 6.57. The fraction of sp³-hybridized carbons (Fsp3) is 0.438. The Morgan fingerprint density at radius 3 is 2.83 bits per heavy atom. The van der Waals surface area contributed by atoms with E-state index in [1.807, 2.05) is 6.07 Å². The van der Waals surface area contributed by atoms with Crippen molar-refractivity contribution in [1.82, 2.24) is 14.9 Å². The van der Waals surface area contributed by atoms with Crippen LogP contribution in [0.1, 0.15) is 38.6 Å². The summed E-state index contributed by atoms with van der Waals surface area (Å²) < 4.78 is 13.4. The third-order valence-corrected chi connectivity index (χ3v) is 4.01. The lowest BCUT2D eigenvalue weighted by atomic mass is 9.96. The highest BCUT2D eigenvalue weighted by Gasteiger charge is 2.21. The first kappa shape index (κ1) is 17.0. The van der Waals surface area contributed by atoms with Crippen molar-refractivity contribution in [2.24, 2.45) is 5.10 Å². The number of nitrogens with one attached hydrogen (secondary N) is 1. The largest absolute Gasteiger partial charge is 0.489 e. The van der Waals surface area contributed by atoms with Crippen LogP contribution in [-0.2, 0) is 5.41 Å². The van der Waals surface area contributed by atoms with Gasteiger partial charge in [-0.1, -0.05) is 32.4 Å². The highest BCUT2D eigenvalue weighted by Crippen LogP contribution is 2.37. The van der Waals surface area contributed by atoms with E-state index in [4.69, 9.17) is 33.3 Å². The number of fused-ring (bicyclic) bond motifs is 1. The molecule has 1 aromatic carbocycles. The summed E-state index contributed by atoms with van der Waals surface area (Å²) in [5.74, 6) is 1.97. The van der Waals surface area contributed by atoms with Gasteiger partial charge in [-0.05, 0) is 29.9 Å². The number of ether oxygens (including phenoxy) is 2. The Balaban J connectivity index is 1.97. The quantitative estimate of drug-likeness (QED) is 0.646. The summed E-state index contributed by atoms with van der Waals surface area (Å²) in [7, 11) is 0. The number of benzene rings is 1. The van der Waals surface area contributed by atoms with Gasteiger partial charge >= 0.3 is 0 Å². The van der Waals surface area contributed by atoms with E-state index in [1.54, 1.807) is 17.0 Å². The minimum Gasteiger partial charge on any atom is -0.489 e. The summed E-state index contributed by atoms with van der Waals surface area (Å²) in [5, 5.41) is 12.0. The Morgan fingerprint density at radius 1 is 1.33 bits per heavy atom. The van der Waals surface area contributed by atoms with Crippen LogP contribution < -0.4 is 9.47 Å². The number of hydrogen-bond donors (Lipinski definition) is 1. The molecular formula is C16H19ClN4O2S. The zero-order chi connectivity index (χ0) is 17.3. The molecule has 0 bridgehead atoms. The van der Waals surface area contributed by atoms with Gasteiger partial charge in [-0.25, -0.2) is 0 Å². The fourth-order valence-electron chi connectivity index (χ4n) is 2.33. The molecule has 0 spiro atoms. The highest BCUT2D eigenvalue weighted by atomic mass is 35.5. The van der Waals surface area contributed by atoms with Crippen molar-refractivity contribution in [3.63, 3.8) is 0 Å². The molecule has 0 atom stereocenters. The first-order valence-corrected chi connectivity index (χ1v) is 8.46. The normalized spacial score (nSPS) is 14.8. The van der Waals surface area contributed by atoms with Gasteiger partial charge in [0.25, 0.3) is 0 Å². The Labute approximate surface area is 150 Å². The number of aromatic nitrogens is 3. The van der Waals surface area contributed by atoms with E-state index in [2.05, 4.69) is 36.1 Å². The van der Waals surface area contributed by atoms with Gasteiger partial charge in [0, 0.05) is 11.8 Å². The summed E-state index contributed by atoms with van der Waals surface area (Å²) >= 11 is 11.6. The molecule has 1 aliphatic rings. The number of hydrogen-bond acceptors (Lipinski definition) is 5. The lowest BCUT2D eigenvalue weighted by molar-refractivity contribution is 0.297. The molecular weight excluding hydrogens is 348 g/mol. The first-order valence-electron chi connectivity index (χ1n) is 7.67. The average Bonchev–Trinajstić information content (AvgIpc) is 2.72. The molecule has 0 aliphatic carbocycles. The Bertz CT molecular complexity index is 836. The molecule has 0 unspecified atom stereocenters. The third kappa shape index (κ3) is 3.47. The molecule has 128 valence electrons. The molecule has 2 heterocycles. The van der Waals surface area contributed by atoms with Gasteiger partial charge in [0.05, 0.1) is 24.5 Å². The average molecular weight is 367 g/mol. The standard InChI is InChI=1S/C16H19ClN4O2S/c1-16(2,3)14-19-20-15(24)21(14)18-9-10-7-11(17)13-12(8-10)22-5-4-6-23-13/h7-9H,4-6H2,1-3H3,(H,20,24)/b18-9-. The molecule has 8 heteroatoms. The van der Waals surface area contributed by atoms with E-state index in [-0.39, 0.29) is 5.41 Å². The van der Waals surface area contributed by atoms with Crippen molar-refractivity contribution in [3.8, 4) is 11.5 Å². The Morgan fingerprint density at radius 2 is 2.08 bits per heavy atom. The smallest absolute Gasteiger partial charge is 0.216 e. The monoisotopic (exact) mass is 366 g/mol. The molecule has 0 amide bonds. The lowest BCUT2D eigenvalue weighted by Crippen LogP contribution is -2.17. The van der Waals surface area contributed by atoms with Gasteiger partial charge in [0.1, 0.15) is 0 Å². The predicted octanol–water partition coefficient (Wildman–Crippen LogP) is 3.94. The molecule has 1 N–H and O–H groups in total. The van der Waals surface area contributed by atoms with Crippen molar-refractivity contribution < 1.29 is 9.47 Å². The van der Waals surface area contributed by atoms with E-state index in [1.165, 1.54) is 0 Å². The highest BCUT2D eigenvalue weighted by molar-refractivity contribution is 7.71. The fourth-order valence-corrected chi connectivity index (χ4v) is 2.79. The summed E-state index contributed by atoms with van der Waals surface area (Å²) in [4.78, 5) is 0. The zero-order valence-electron chi connectivity index (χ0n) is 13.8. The Hall–Kier alpha value is -1.86. The summed E-state index contributed by atoms with van der Waals surface area (Å²) in [6.07, 6.45) is 2.51. The van der Waals surface area contributed by atoms with Crippen molar-refractivity contribution in [3.05, 3.63) is 33.3 Å². The second-order valence-corrected chi connectivity index (χ2v) is 7.33. The Kier molecular flexibility index (Phi) is 4.64. The molecule has 1 aliphatic heterocycles. The van der Waals surface area contributed by atoms with E-state index in [0.717, 1.165) is 17.8 Å². The molecule has 6 nitrogen and oxygen atoms in total. The molecule has 0 radical (unpaired) electrons. The van der Waals surface area contributed by atoms with Gasteiger partial charge in [0.15, 0.2) is 17.3 Å². The van der Waals surface area contributed by atoms with E-state index >= 15 is 0 Å². The molecule has 0 fully saturated rings. The minimum absolute atomic E-state index is 0.187. The van der Waals surface area contributed by atoms with Crippen molar-refractivity contribution in [1.29, 1.82) is 0 Å². The topological polar surface area (TPSA) is 64.4 Å². The van der Waals surface area contributed by atoms with Crippen LogP contribution in [0.25, 0.3) is 0 Å². The van der Waals surface area contributed by atoms with Crippen LogP contribution in [0, 0.1) is 4.77 Å². The van der Waals surface area contributed by atoms with Crippen LogP contribution in [0.4, 0.5) is 0 Å². The number of halogens is 1. The summed E-state index contributed by atoms with van der Waals surface area (Å²) in [6, 6.07) is 3.65. The second-order valence-electron chi connectivity index (χ2n) is 6.54. The SMILES string of the molecule is CC(C)(C)c1n[nH]c(=S)n1/N=C\c1cc(Cl)c2c(c1)OCCCO2. The third-order valence-electron chi connectivity index (χ3n) is 3.47. The molecule has 0 saturated carbocycles. The first-order chi connectivity index (χ1) is 11.4. The number of rotatable bonds is 2. The van der Waals surface area contributed by atoms with Crippen molar-refractivity contribution in [2.75, 3.05) is 13.2 Å². The van der Waals surface area contributed by atoms with Gasteiger partial charge in [-0.2, -0.15) is 14.9 Å². The van der Waals surface area contributed by atoms with Crippen LogP contribution >= 0.6 is 23.8 Å². The van der Waals surface area contributed by atoms with E-state index in [9.17, 15) is 0 Å². The molecule has 24 heavy (non-hydrogen) atoms. The van der Waals surface area contributed by atoms with Crippen LogP contribution in [0.3, 0.4) is 0 Å². The van der Waals surface area contributed by atoms with E-state index < -0.39 is 0 Å². The summed E-state index contributed by atoms with van der Waals surface area (Å²) in [6.45, 7) is 7.35. The molecule has 0 saturated heterocycles. The van der Waals surface area contributed by atoms with Crippen LogP contribution in [0.15, 0.2) is 17.2 Å².